The van der Waals surface area contributed by atoms with Crippen LogP contribution in [0.15, 0.2) is 54.9 Å². The van der Waals surface area contributed by atoms with Gasteiger partial charge in [0.15, 0.2) is 0 Å². The Labute approximate surface area is 209 Å². The number of anilines is 1. The Hall–Kier alpha value is -4.00. The fourth-order valence-corrected chi connectivity index (χ4v) is 5.33. The number of fused-ring (bicyclic) bond motifs is 1. The minimum Gasteiger partial charge on any atom is -0.497 e. The minimum atomic E-state index is -0.245. The third-order valence-electron chi connectivity index (χ3n) is 7.24. The predicted molar refractivity (Wildman–Crippen MR) is 140 cm³/mol. The third-order valence-corrected chi connectivity index (χ3v) is 7.24. The molecule has 3 heterocycles. The van der Waals surface area contributed by atoms with Crippen molar-refractivity contribution >= 4 is 17.5 Å². The van der Waals surface area contributed by atoms with Gasteiger partial charge in [-0.05, 0) is 61.2 Å². The lowest BCUT2D eigenvalue weighted by Gasteiger charge is -2.32. The van der Waals surface area contributed by atoms with Crippen LogP contribution in [0.4, 0.5) is 10.2 Å². The molecule has 6 nitrogen and oxygen atoms in total. The molecule has 2 aliphatic rings. The number of H-pyrrole nitrogens is 1. The number of methoxy groups -OCH3 is 1. The molecule has 0 unspecified atom stereocenters. The van der Waals surface area contributed by atoms with Gasteiger partial charge >= 0.3 is 0 Å². The van der Waals surface area contributed by atoms with Gasteiger partial charge in [-0.25, -0.2) is 19.3 Å². The van der Waals surface area contributed by atoms with Crippen LogP contribution in [-0.4, -0.2) is 40.1 Å². The fourth-order valence-electron chi connectivity index (χ4n) is 5.33. The van der Waals surface area contributed by atoms with E-state index in [9.17, 15) is 4.39 Å². The summed E-state index contributed by atoms with van der Waals surface area (Å²) in [6.45, 7) is 3.79. The molecule has 1 aliphatic carbocycles. The van der Waals surface area contributed by atoms with Crippen LogP contribution in [0.3, 0.4) is 0 Å². The van der Waals surface area contributed by atoms with Gasteiger partial charge in [0.25, 0.3) is 0 Å². The van der Waals surface area contributed by atoms with Gasteiger partial charge in [-0.1, -0.05) is 24.3 Å². The van der Waals surface area contributed by atoms with Gasteiger partial charge in [0.1, 0.15) is 29.5 Å². The van der Waals surface area contributed by atoms with Crippen LogP contribution in [0, 0.1) is 12.7 Å². The highest BCUT2D eigenvalue weighted by Gasteiger charge is 2.28. The quantitative estimate of drug-likeness (QED) is 0.390. The third kappa shape index (κ3) is 4.15. The molecule has 182 valence electrons. The molecule has 0 spiro atoms. The molecule has 2 aromatic heterocycles. The predicted octanol–water partition coefficient (Wildman–Crippen LogP) is 5.80. The molecule has 2 aromatic carbocycles. The first-order chi connectivity index (χ1) is 17.6. The van der Waals surface area contributed by atoms with E-state index in [0.717, 1.165) is 83.5 Å². The summed E-state index contributed by atoms with van der Waals surface area (Å²) >= 11 is 0. The summed E-state index contributed by atoms with van der Waals surface area (Å²) in [5.41, 5.74) is 7.19. The highest BCUT2D eigenvalue weighted by atomic mass is 19.1. The average molecular weight is 482 g/mol. The van der Waals surface area contributed by atoms with Crippen molar-refractivity contribution in [3.63, 3.8) is 0 Å². The second-order valence-corrected chi connectivity index (χ2v) is 9.50. The van der Waals surface area contributed by atoms with Gasteiger partial charge in [0.05, 0.1) is 18.5 Å². The molecule has 7 heteroatoms. The van der Waals surface area contributed by atoms with Gasteiger partial charge in [-0.15, -0.1) is 0 Å². The molecule has 4 aromatic rings. The number of hydrogen-bond donors (Lipinski definition) is 1. The van der Waals surface area contributed by atoms with Gasteiger partial charge in [0.2, 0.25) is 0 Å². The summed E-state index contributed by atoms with van der Waals surface area (Å²) < 4.78 is 19.1. The van der Waals surface area contributed by atoms with E-state index < -0.39 is 0 Å². The number of benzene rings is 2. The van der Waals surface area contributed by atoms with E-state index in [0.29, 0.717) is 5.92 Å². The molecule has 1 aliphatic heterocycles. The molecule has 0 radical (unpaired) electrons. The molecular formula is C29H28FN5O. The van der Waals surface area contributed by atoms with Crippen molar-refractivity contribution in [3.05, 3.63) is 89.0 Å². The Morgan fingerprint density at radius 2 is 1.83 bits per heavy atom. The van der Waals surface area contributed by atoms with Gasteiger partial charge < -0.3 is 14.6 Å². The molecule has 1 fully saturated rings. The lowest BCUT2D eigenvalue weighted by atomic mass is 9.96. The Morgan fingerprint density at radius 1 is 1.03 bits per heavy atom. The number of ether oxygens (including phenoxy) is 1. The molecule has 0 bridgehead atoms. The van der Waals surface area contributed by atoms with E-state index in [1.54, 1.807) is 25.6 Å². The minimum absolute atomic E-state index is 0.245. The topological polar surface area (TPSA) is 66.9 Å². The van der Waals surface area contributed by atoms with E-state index >= 15 is 0 Å². The Morgan fingerprint density at radius 3 is 2.64 bits per heavy atom. The summed E-state index contributed by atoms with van der Waals surface area (Å²) in [5, 5.41) is 0. The van der Waals surface area contributed by atoms with Crippen LogP contribution in [0.25, 0.3) is 22.9 Å². The van der Waals surface area contributed by atoms with Gasteiger partial charge in [0, 0.05) is 42.2 Å². The molecule has 1 N–H and O–H groups in total. The number of aryl methyl sites for hydroxylation is 1. The number of allylic oxidation sites excluding steroid dienone is 1. The number of nitrogens with zero attached hydrogens (tertiary/aromatic N) is 4. The van der Waals surface area contributed by atoms with Crippen LogP contribution in [0.5, 0.6) is 5.75 Å². The van der Waals surface area contributed by atoms with Crippen LogP contribution in [-0.2, 0) is 6.42 Å². The highest BCUT2D eigenvalue weighted by molar-refractivity contribution is 5.91. The fraction of sp³-hybridized carbons (Fsp3) is 0.276. The number of aromatic nitrogens is 4. The maximum absolute atomic E-state index is 13.7. The van der Waals surface area contributed by atoms with Crippen LogP contribution >= 0.6 is 0 Å². The van der Waals surface area contributed by atoms with Crippen molar-refractivity contribution in [2.75, 3.05) is 25.1 Å². The molecule has 0 amide bonds. The second kappa shape index (κ2) is 9.22. The first-order valence-corrected chi connectivity index (χ1v) is 12.4. The Bertz CT molecular complexity index is 1450. The maximum Gasteiger partial charge on any atom is 0.139 e. The van der Waals surface area contributed by atoms with Crippen molar-refractivity contribution < 1.29 is 9.13 Å². The summed E-state index contributed by atoms with van der Waals surface area (Å²) in [7, 11) is 1.69. The normalized spacial score (nSPS) is 15.6. The zero-order valence-corrected chi connectivity index (χ0v) is 20.5. The molecule has 36 heavy (non-hydrogen) atoms. The number of imidazole rings is 1. The van der Waals surface area contributed by atoms with E-state index in [-0.39, 0.29) is 5.82 Å². The molecule has 6 rings (SSSR count). The Kier molecular flexibility index (Phi) is 5.76. The lowest BCUT2D eigenvalue weighted by molar-refractivity contribution is 0.414. The van der Waals surface area contributed by atoms with Gasteiger partial charge in [-0.3, -0.25) is 0 Å². The van der Waals surface area contributed by atoms with Crippen molar-refractivity contribution in [3.8, 4) is 17.0 Å². The Balaban J connectivity index is 1.20. The summed E-state index contributed by atoms with van der Waals surface area (Å²) in [4.78, 5) is 20.0. The molecule has 0 atom stereocenters. The van der Waals surface area contributed by atoms with Crippen molar-refractivity contribution in [1.29, 1.82) is 0 Å². The number of aromatic amines is 1. The van der Waals surface area contributed by atoms with Crippen LogP contribution in [0.2, 0.25) is 0 Å². The maximum atomic E-state index is 13.7. The second-order valence-electron chi connectivity index (χ2n) is 9.50. The first kappa shape index (κ1) is 22.5. The number of rotatable bonds is 5. The molecule has 1 saturated heterocycles. The van der Waals surface area contributed by atoms with Crippen LogP contribution in [0.1, 0.15) is 47.1 Å². The largest absolute Gasteiger partial charge is 0.497 e. The summed E-state index contributed by atoms with van der Waals surface area (Å²) in [6.07, 6.45) is 6.65. The lowest BCUT2D eigenvalue weighted by Crippen LogP contribution is -2.34. The highest BCUT2D eigenvalue weighted by Crippen LogP contribution is 2.38. The standard InChI is InChI=1S/C29H28FN5O/c1-18-27(21-6-3-7-23(30)13-21)34-28(33-18)19-9-11-35(12-10-19)29-25-15-22(16-26(25)31-17-32-29)20-5-4-8-24(14-20)36-2/h3-8,13-15,17,19H,9-12,16H2,1-2H3,(H,33,34). The van der Waals surface area contributed by atoms with Crippen molar-refractivity contribution in [1.82, 2.24) is 19.9 Å². The molecule has 0 saturated carbocycles. The first-order valence-electron chi connectivity index (χ1n) is 12.4. The number of halogens is 1. The summed E-state index contributed by atoms with van der Waals surface area (Å²) in [5.74, 6) is 2.93. The van der Waals surface area contributed by atoms with Crippen molar-refractivity contribution in [2.24, 2.45) is 0 Å². The van der Waals surface area contributed by atoms with E-state index in [1.807, 2.05) is 25.1 Å². The van der Waals surface area contributed by atoms with Crippen LogP contribution < -0.4 is 9.64 Å². The van der Waals surface area contributed by atoms with E-state index in [1.165, 1.54) is 11.6 Å². The average Bonchev–Trinajstić information content (AvgIpc) is 3.53. The van der Waals surface area contributed by atoms with E-state index in [4.69, 9.17) is 9.72 Å². The monoisotopic (exact) mass is 481 g/mol. The SMILES string of the molecule is COc1cccc(C2=Cc3c(ncnc3N3CCC(c4nc(-c5cccc(F)c5)c(C)[nH]4)CC3)C2)c1. The smallest absolute Gasteiger partial charge is 0.139 e. The number of nitrogens with one attached hydrogen (secondary N) is 1. The molecular weight excluding hydrogens is 453 g/mol. The van der Waals surface area contributed by atoms with Gasteiger partial charge in [-0.2, -0.15) is 0 Å². The number of hydrogen-bond acceptors (Lipinski definition) is 5. The summed E-state index contributed by atoms with van der Waals surface area (Å²) in [6, 6.07) is 14.8. The zero-order valence-electron chi connectivity index (χ0n) is 20.5. The van der Waals surface area contributed by atoms with Crippen molar-refractivity contribution in [2.45, 2.75) is 32.1 Å². The number of piperidine rings is 1. The van der Waals surface area contributed by atoms with E-state index in [2.05, 4.69) is 38.1 Å². The zero-order chi connectivity index (χ0) is 24.6.